The van der Waals surface area contributed by atoms with Crippen LogP contribution in [-0.2, 0) is 9.53 Å². The van der Waals surface area contributed by atoms with E-state index in [1.807, 2.05) is 4.90 Å². The Morgan fingerprint density at radius 1 is 1.50 bits per heavy atom. The Hall–Kier alpha value is -0.730. The predicted molar refractivity (Wildman–Crippen MR) is 70.7 cm³/mol. The molecule has 1 atom stereocenters. The van der Waals surface area contributed by atoms with Gasteiger partial charge in [-0.05, 0) is 28.8 Å². The summed E-state index contributed by atoms with van der Waals surface area (Å²) in [5.41, 5.74) is 0. The van der Waals surface area contributed by atoms with Gasteiger partial charge in [0.2, 0.25) is 11.0 Å². The van der Waals surface area contributed by atoms with Crippen molar-refractivity contribution in [3.8, 4) is 0 Å². The second kappa shape index (κ2) is 5.10. The van der Waals surface area contributed by atoms with Crippen molar-refractivity contribution < 1.29 is 9.53 Å². The number of carbonyl (C=O) groups excluding carboxylic acids is 1. The average molecular weight is 333 g/mol. The number of rotatable bonds is 3. The second-order valence-electron chi connectivity index (χ2n) is 4.40. The average Bonchev–Trinajstić information content (AvgIpc) is 3.08. The Morgan fingerprint density at radius 3 is 3.00 bits per heavy atom. The van der Waals surface area contributed by atoms with E-state index in [1.165, 1.54) is 11.3 Å². The lowest BCUT2D eigenvalue weighted by Crippen LogP contribution is -2.54. The van der Waals surface area contributed by atoms with E-state index in [0.717, 1.165) is 21.9 Å². The van der Waals surface area contributed by atoms with E-state index in [1.54, 1.807) is 0 Å². The quantitative estimate of drug-likeness (QED) is 0.886. The molecule has 6 nitrogen and oxygen atoms in total. The number of aromatic nitrogens is 2. The molecule has 1 aromatic heterocycles. The largest absolute Gasteiger partial charge is 0.377 e. The maximum absolute atomic E-state index is 12.2. The van der Waals surface area contributed by atoms with Gasteiger partial charge in [-0.3, -0.25) is 4.79 Å². The molecular weight excluding hydrogens is 320 g/mol. The summed E-state index contributed by atoms with van der Waals surface area (Å²) in [5, 5.41) is 11.8. The van der Waals surface area contributed by atoms with E-state index in [9.17, 15) is 4.79 Å². The predicted octanol–water partition coefficient (Wildman–Crippen LogP) is 0.784. The number of ether oxygens (including phenoxy) is 1. The van der Waals surface area contributed by atoms with Crippen LogP contribution < -0.4 is 10.2 Å². The number of halogens is 1. The zero-order valence-corrected chi connectivity index (χ0v) is 12.0. The molecule has 1 N–H and O–H groups in total. The first kappa shape index (κ1) is 12.3. The van der Waals surface area contributed by atoms with Gasteiger partial charge in [-0.1, -0.05) is 11.3 Å². The SMILES string of the molecule is O=C(NC1CC1)C1COCCN1c1nnc(Br)s1. The van der Waals surface area contributed by atoms with E-state index in [2.05, 4.69) is 31.4 Å². The van der Waals surface area contributed by atoms with Crippen molar-refractivity contribution in [1.82, 2.24) is 15.5 Å². The molecule has 2 fully saturated rings. The zero-order valence-electron chi connectivity index (χ0n) is 9.63. The summed E-state index contributed by atoms with van der Waals surface area (Å²) < 4.78 is 6.13. The van der Waals surface area contributed by atoms with E-state index in [4.69, 9.17) is 4.74 Å². The van der Waals surface area contributed by atoms with Crippen molar-refractivity contribution in [1.29, 1.82) is 0 Å². The van der Waals surface area contributed by atoms with Crippen molar-refractivity contribution in [3.63, 3.8) is 0 Å². The molecule has 98 valence electrons. The molecule has 1 aromatic rings. The molecule has 0 bridgehead atoms. The molecule has 3 rings (SSSR count). The zero-order chi connectivity index (χ0) is 12.5. The van der Waals surface area contributed by atoms with Crippen LogP contribution >= 0.6 is 27.3 Å². The van der Waals surface area contributed by atoms with Gasteiger partial charge in [0.15, 0.2) is 3.92 Å². The fourth-order valence-electron chi connectivity index (χ4n) is 1.89. The molecule has 8 heteroatoms. The van der Waals surface area contributed by atoms with Gasteiger partial charge in [0.1, 0.15) is 6.04 Å². The first-order valence-electron chi connectivity index (χ1n) is 5.88. The molecule has 1 unspecified atom stereocenters. The van der Waals surface area contributed by atoms with Gasteiger partial charge < -0.3 is 15.0 Å². The molecule has 2 aliphatic rings. The third kappa shape index (κ3) is 2.65. The Labute approximate surface area is 117 Å². The number of hydrogen-bond acceptors (Lipinski definition) is 6. The summed E-state index contributed by atoms with van der Waals surface area (Å²) in [5.74, 6) is 0.0310. The minimum Gasteiger partial charge on any atom is -0.377 e. The molecule has 2 heterocycles. The third-order valence-corrected chi connectivity index (χ3v) is 4.38. The van der Waals surface area contributed by atoms with Crippen molar-refractivity contribution in [2.75, 3.05) is 24.7 Å². The van der Waals surface area contributed by atoms with Gasteiger partial charge in [-0.25, -0.2) is 0 Å². The number of nitrogens with zero attached hydrogens (tertiary/aromatic N) is 3. The highest BCUT2D eigenvalue weighted by Crippen LogP contribution is 2.27. The molecule has 1 aliphatic carbocycles. The lowest BCUT2D eigenvalue weighted by molar-refractivity contribution is -0.124. The molecule has 0 radical (unpaired) electrons. The smallest absolute Gasteiger partial charge is 0.245 e. The maximum Gasteiger partial charge on any atom is 0.245 e. The molecule has 0 spiro atoms. The van der Waals surface area contributed by atoms with Gasteiger partial charge in [0, 0.05) is 12.6 Å². The van der Waals surface area contributed by atoms with Crippen LogP contribution in [0.1, 0.15) is 12.8 Å². The third-order valence-electron chi connectivity index (χ3n) is 2.99. The van der Waals surface area contributed by atoms with Gasteiger partial charge >= 0.3 is 0 Å². The normalized spacial score (nSPS) is 24.1. The van der Waals surface area contributed by atoms with Crippen LogP contribution in [0.25, 0.3) is 0 Å². The fraction of sp³-hybridized carbons (Fsp3) is 0.700. The highest BCUT2D eigenvalue weighted by molar-refractivity contribution is 9.11. The number of hydrogen-bond donors (Lipinski definition) is 1. The van der Waals surface area contributed by atoms with Crippen LogP contribution in [0.4, 0.5) is 5.13 Å². The van der Waals surface area contributed by atoms with Gasteiger partial charge in [0.25, 0.3) is 0 Å². The van der Waals surface area contributed by atoms with E-state index in [-0.39, 0.29) is 11.9 Å². The molecule has 0 aromatic carbocycles. The van der Waals surface area contributed by atoms with Gasteiger partial charge in [0.05, 0.1) is 13.2 Å². The minimum absolute atomic E-state index is 0.0310. The molecule has 1 aliphatic heterocycles. The minimum atomic E-state index is -0.292. The first-order chi connectivity index (χ1) is 8.74. The molecule has 1 saturated carbocycles. The standard InChI is InChI=1S/C10H13BrN4O2S/c11-9-13-14-10(18-9)15-3-4-17-5-7(15)8(16)12-6-1-2-6/h6-7H,1-5H2,(H,12,16). The molecular formula is C10H13BrN4O2S. The Morgan fingerprint density at radius 2 is 2.33 bits per heavy atom. The van der Waals surface area contributed by atoms with Crippen LogP contribution in [0.2, 0.25) is 0 Å². The number of nitrogens with one attached hydrogen (secondary N) is 1. The Bertz CT molecular complexity index is 451. The summed E-state index contributed by atoms with van der Waals surface area (Å²) in [6.45, 7) is 1.70. The summed E-state index contributed by atoms with van der Waals surface area (Å²) in [4.78, 5) is 14.1. The maximum atomic E-state index is 12.2. The topological polar surface area (TPSA) is 67.3 Å². The van der Waals surface area contributed by atoms with Crippen molar-refractivity contribution in [3.05, 3.63) is 3.92 Å². The van der Waals surface area contributed by atoms with Gasteiger partial charge in [-0.2, -0.15) is 0 Å². The van der Waals surface area contributed by atoms with Crippen molar-refractivity contribution in [2.24, 2.45) is 0 Å². The van der Waals surface area contributed by atoms with Crippen LogP contribution in [0.3, 0.4) is 0 Å². The Kier molecular flexibility index (Phi) is 3.49. The summed E-state index contributed by atoms with van der Waals surface area (Å²) in [6, 6.07) is 0.0710. The lowest BCUT2D eigenvalue weighted by atomic mass is 10.2. The summed E-state index contributed by atoms with van der Waals surface area (Å²) in [6.07, 6.45) is 2.17. The first-order valence-corrected chi connectivity index (χ1v) is 7.49. The van der Waals surface area contributed by atoms with Crippen molar-refractivity contribution in [2.45, 2.75) is 24.9 Å². The summed E-state index contributed by atoms with van der Waals surface area (Å²) >= 11 is 4.73. The highest BCUT2D eigenvalue weighted by Gasteiger charge is 2.34. The van der Waals surface area contributed by atoms with E-state index < -0.39 is 0 Å². The number of carbonyl (C=O) groups is 1. The van der Waals surface area contributed by atoms with E-state index >= 15 is 0 Å². The van der Waals surface area contributed by atoms with Gasteiger partial charge in [-0.15, -0.1) is 10.2 Å². The Balaban J connectivity index is 1.74. The highest BCUT2D eigenvalue weighted by atomic mass is 79.9. The molecule has 18 heavy (non-hydrogen) atoms. The molecule has 1 amide bonds. The van der Waals surface area contributed by atoms with Crippen LogP contribution in [0.5, 0.6) is 0 Å². The lowest BCUT2D eigenvalue weighted by Gasteiger charge is -2.33. The number of amides is 1. The van der Waals surface area contributed by atoms with Crippen LogP contribution in [-0.4, -0.2) is 47.9 Å². The van der Waals surface area contributed by atoms with Crippen molar-refractivity contribution >= 4 is 38.3 Å². The monoisotopic (exact) mass is 332 g/mol. The summed E-state index contributed by atoms with van der Waals surface area (Å²) in [7, 11) is 0. The second-order valence-corrected chi connectivity index (χ2v) is 6.64. The van der Waals surface area contributed by atoms with Crippen LogP contribution in [0.15, 0.2) is 3.92 Å². The number of morpholine rings is 1. The molecule has 1 saturated heterocycles. The van der Waals surface area contributed by atoms with E-state index in [0.29, 0.717) is 25.8 Å². The number of anilines is 1. The fourth-order valence-corrected chi connectivity index (χ4v) is 3.05. The van der Waals surface area contributed by atoms with Crippen LogP contribution in [0, 0.1) is 0 Å².